The molecule has 0 amide bonds. The number of para-hydroxylation sites is 2. The maximum Gasteiger partial charge on any atom is 0.338 e. The Balaban J connectivity index is 1.79. The van der Waals surface area contributed by atoms with Crippen LogP contribution in [0.2, 0.25) is 0 Å². The largest absolute Gasteiger partial charge is 0.463 e. The van der Waals surface area contributed by atoms with Crippen LogP contribution in [0.15, 0.2) is 78.4 Å². The first kappa shape index (κ1) is 21.7. The molecule has 0 saturated heterocycles. The number of hydrogen-bond donors (Lipinski definition) is 1. The van der Waals surface area contributed by atoms with Crippen LogP contribution in [0.4, 0.5) is 16.0 Å². The van der Waals surface area contributed by atoms with E-state index in [0.717, 1.165) is 22.3 Å². The van der Waals surface area contributed by atoms with Gasteiger partial charge in [0.2, 0.25) is 5.95 Å². The monoisotopic (exact) mass is 456 g/mol. The summed E-state index contributed by atoms with van der Waals surface area (Å²) in [7, 11) is 3.97. The summed E-state index contributed by atoms with van der Waals surface area (Å²) < 4.78 is 21.3. The zero-order chi connectivity index (χ0) is 23.8. The zero-order valence-corrected chi connectivity index (χ0v) is 19.2. The lowest BCUT2D eigenvalue weighted by molar-refractivity contribution is -0.138. The lowest BCUT2D eigenvalue weighted by atomic mass is 9.92. The Morgan fingerprint density at radius 2 is 1.76 bits per heavy atom. The molecule has 1 aromatic heterocycles. The summed E-state index contributed by atoms with van der Waals surface area (Å²) in [6.45, 7) is 2.02. The minimum absolute atomic E-state index is 0.239. The minimum atomic E-state index is -0.487. The molecule has 0 unspecified atom stereocenters. The summed E-state index contributed by atoms with van der Waals surface area (Å²) in [5.41, 5.74) is 5.35. The van der Waals surface area contributed by atoms with Crippen molar-refractivity contribution in [2.24, 2.45) is 0 Å². The van der Waals surface area contributed by atoms with Crippen LogP contribution in [0.1, 0.15) is 24.1 Å². The third-order valence-electron chi connectivity index (χ3n) is 5.99. The Hall–Kier alpha value is -4.13. The van der Waals surface area contributed by atoms with Crippen molar-refractivity contribution in [3.05, 3.63) is 95.3 Å². The Morgan fingerprint density at radius 1 is 1.06 bits per heavy atom. The molecule has 0 aliphatic carbocycles. The summed E-state index contributed by atoms with van der Waals surface area (Å²) in [5.74, 6) is -0.171. The van der Waals surface area contributed by atoms with E-state index in [0.29, 0.717) is 22.8 Å². The fourth-order valence-corrected chi connectivity index (χ4v) is 4.38. The number of rotatable bonds is 5. The van der Waals surface area contributed by atoms with E-state index in [1.165, 1.54) is 12.1 Å². The van der Waals surface area contributed by atoms with E-state index < -0.39 is 12.0 Å². The van der Waals surface area contributed by atoms with Crippen molar-refractivity contribution < 1.29 is 13.9 Å². The van der Waals surface area contributed by atoms with Gasteiger partial charge in [0, 0.05) is 19.8 Å². The van der Waals surface area contributed by atoms with E-state index in [-0.39, 0.29) is 12.4 Å². The van der Waals surface area contributed by atoms with Crippen LogP contribution in [0, 0.1) is 5.82 Å². The van der Waals surface area contributed by atoms with Crippen LogP contribution >= 0.6 is 0 Å². The van der Waals surface area contributed by atoms with Gasteiger partial charge in [-0.25, -0.2) is 14.2 Å². The van der Waals surface area contributed by atoms with Crippen LogP contribution in [0.3, 0.4) is 0 Å². The number of nitrogens with one attached hydrogen (secondary N) is 1. The molecule has 0 bridgehead atoms. The fourth-order valence-electron chi connectivity index (χ4n) is 4.38. The second-order valence-corrected chi connectivity index (χ2v) is 8.32. The molecule has 6 nitrogen and oxygen atoms in total. The number of ether oxygens (including phenoxy) is 1. The van der Waals surface area contributed by atoms with E-state index in [1.54, 1.807) is 19.1 Å². The van der Waals surface area contributed by atoms with Gasteiger partial charge in [-0.1, -0.05) is 24.3 Å². The Kier molecular flexibility index (Phi) is 5.53. The number of carbonyl (C=O) groups excluding carboxylic acids is 1. The standard InChI is InChI=1S/C27H25FN4O2/c1-4-34-26(33)23-24(17-9-13-19(28)14-10-17)30-27-29-21-7-5-6-8-22(21)32(27)25(23)18-11-15-20(16-12-18)31(2)3/h5-16,25H,4H2,1-3H3,(H,29,30)/t25-/m1/s1. The second-order valence-electron chi connectivity index (χ2n) is 8.32. The van der Waals surface area contributed by atoms with Gasteiger partial charge >= 0.3 is 5.97 Å². The third kappa shape index (κ3) is 3.69. The lowest BCUT2D eigenvalue weighted by Crippen LogP contribution is -2.29. The van der Waals surface area contributed by atoms with E-state index in [2.05, 4.69) is 5.32 Å². The highest BCUT2D eigenvalue weighted by molar-refractivity contribution is 6.03. The molecule has 1 aliphatic heterocycles. The third-order valence-corrected chi connectivity index (χ3v) is 5.99. The number of halogens is 1. The number of fused-ring (bicyclic) bond motifs is 3. The van der Waals surface area contributed by atoms with Crippen molar-refractivity contribution in [2.75, 3.05) is 30.9 Å². The molecule has 5 rings (SSSR count). The first-order valence-corrected chi connectivity index (χ1v) is 11.2. The van der Waals surface area contributed by atoms with Gasteiger partial charge in [0.05, 0.1) is 35.0 Å². The van der Waals surface area contributed by atoms with Gasteiger partial charge in [0.25, 0.3) is 0 Å². The van der Waals surface area contributed by atoms with Crippen molar-refractivity contribution in [1.29, 1.82) is 0 Å². The highest BCUT2D eigenvalue weighted by Crippen LogP contribution is 2.42. The molecule has 3 aromatic carbocycles. The number of anilines is 2. The van der Waals surface area contributed by atoms with Gasteiger partial charge in [0.15, 0.2) is 0 Å². The lowest BCUT2D eigenvalue weighted by Gasteiger charge is -2.31. The van der Waals surface area contributed by atoms with Crippen molar-refractivity contribution in [2.45, 2.75) is 13.0 Å². The Labute approximate surface area is 197 Å². The maximum atomic E-state index is 13.7. The SMILES string of the molecule is CCOC(=O)C1=C(c2ccc(F)cc2)Nc2nc3ccccc3n2[C@@H]1c1ccc(N(C)C)cc1. The topological polar surface area (TPSA) is 59.4 Å². The smallest absolute Gasteiger partial charge is 0.338 e. The molecule has 34 heavy (non-hydrogen) atoms. The molecule has 1 aliphatic rings. The highest BCUT2D eigenvalue weighted by Gasteiger charge is 2.36. The normalized spacial score (nSPS) is 15.1. The molecule has 1 N–H and O–H groups in total. The minimum Gasteiger partial charge on any atom is -0.463 e. The van der Waals surface area contributed by atoms with Gasteiger partial charge in [-0.2, -0.15) is 0 Å². The van der Waals surface area contributed by atoms with Crippen LogP contribution in [-0.2, 0) is 9.53 Å². The van der Waals surface area contributed by atoms with Crippen molar-refractivity contribution >= 4 is 34.3 Å². The summed E-state index contributed by atoms with van der Waals surface area (Å²) in [6.07, 6.45) is 0. The number of aromatic nitrogens is 2. The van der Waals surface area contributed by atoms with Crippen LogP contribution < -0.4 is 10.2 Å². The van der Waals surface area contributed by atoms with E-state index in [1.807, 2.05) is 72.1 Å². The quantitative estimate of drug-likeness (QED) is 0.417. The van der Waals surface area contributed by atoms with Gasteiger partial charge < -0.3 is 15.0 Å². The van der Waals surface area contributed by atoms with Gasteiger partial charge in [-0.15, -0.1) is 0 Å². The number of imidazole rings is 1. The second kappa shape index (κ2) is 8.67. The molecule has 0 saturated carbocycles. The first-order chi connectivity index (χ1) is 16.5. The average Bonchev–Trinajstić information content (AvgIpc) is 3.22. The predicted molar refractivity (Wildman–Crippen MR) is 132 cm³/mol. The number of nitrogens with zero attached hydrogens (tertiary/aromatic N) is 3. The molecule has 1 atom stereocenters. The molecule has 0 radical (unpaired) electrons. The molecule has 0 spiro atoms. The van der Waals surface area contributed by atoms with E-state index in [4.69, 9.17) is 9.72 Å². The van der Waals surface area contributed by atoms with Crippen LogP contribution in [0.25, 0.3) is 16.7 Å². The summed E-state index contributed by atoms with van der Waals surface area (Å²) in [5, 5.41) is 3.34. The average molecular weight is 457 g/mol. The Morgan fingerprint density at radius 3 is 2.44 bits per heavy atom. The van der Waals surface area contributed by atoms with E-state index >= 15 is 0 Å². The zero-order valence-electron chi connectivity index (χ0n) is 19.2. The van der Waals surface area contributed by atoms with Crippen LogP contribution in [0.5, 0.6) is 0 Å². The molecule has 172 valence electrons. The fraction of sp³-hybridized carbons (Fsp3) is 0.185. The first-order valence-electron chi connectivity index (χ1n) is 11.2. The molecule has 7 heteroatoms. The Bertz CT molecular complexity index is 1390. The maximum absolute atomic E-state index is 13.7. The van der Waals surface area contributed by atoms with Crippen molar-refractivity contribution in [3.8, 4) is 0 Å². The summed E-state index contributed by atoms with van der Waals surface area (Å²) >= 11 is 0. The van der Waals surface area contributed by atoms with Crippen LogP contribution in [-0.4, -0.2) is 36.2 Å². The summed E-state index contributed by atoms with van der Waals surface area (Å²) in [6, 6.07) is 21.5. The molecular formula is C27H25FN4O2. The van der Waals surface area contributed by atoms with Crippen molar-refractivity contribution in [3.63, 3.8) is 0 Å². The molecule has 0 fully saturated rings. The summed E-state index contributed by atoms with van der Waals surface area (Å²) in [4.78, 5) is 20.3. The number of esters is 1. The molecular weight excluding hydrogens is 431 g/mol. The van der Waals surface area contributed by atoms with Gasteiger partial charge in [-0.05, 0) is 66.6 Å². The number of benzene rings is 3. The van der Waals surface area contributed by atoms with Crippen molar-refractivity contribution in [1.82, 2.24) is 9.55 Å². The van der Waals surface area contributed by atoms with Gasteiger partial charge in [-0.3, -0.25) is 4.57 Å². The highest BCUT2D eigenvalue weighted by atomic mass is 19.1. The van der Waals surface area contributed by atoms with E-state index in [9.17, 15) is 9.18 Å². The molecule has 2 heterocycles. The predicted octanol–water partition coefficient (Wildman–Crippen LogP) is 5.23. The van der Waals surface area contributed by atoms with Gasteiger partial charge in [0.1, 0.15) is 5.82 Å². The molecule has 4 aromatic rings. The number of carbonyl (C=O) groups is 1. The number of hydrogen-bond acceptors (Lipinski definition) is 5.